The molecule has 1 rings (SSSR count). The minimum Gasteiger partial charge on any atom is -0.466 e. The first-order chi connectivity index (χ1) is 8.76. The molecule has 102 valence electrons. The Kier molecular flexibility index (Phi) is 7.01. The molecule has 0 unspecified atom stereocenters. The van der Waals surface area contributed by atoms with Gasteiger partial charge in [-0.05, 0) is 26.3 Å². The van der Waals surface area contributed by atoms with Crippen LogP contribution in [0, 0.1) is 0 Å². The van der Waals surface area contributed by atoms with Crippen LogP contribution in [0.2, 0.25) is 0 Å². The lowest BCUT2D eigenvalue weighted by atomic mass is 10.3. The predicted octanol–water partition coefficient (Wildman–Crippen LogP) is 1.46. The maximum Gasteiger partial charge on any atom is 0.305 e. The van der Waals surface area contributed by atoms with Crippen molar-refractivity contribution < 1.29 is 14.1 Å². The van der Waals surface area contributed by atoms with Gasteiger partial charge in [-0.15, -0.1) is 0 Å². The zero-order chi connectivity index (χ0) is 13.2. The summed E-state index contributed by atoms with van der Waals surface area (Å²) in [5.41, 5.74) is 0. The molecule has 0 saturated heterocycles. The number of ether oxygens (including phenoxy) is 1. The molecule has 0 fully saturated rings. The Morgan fingerprint density at radius 1 is 1.44 bits per heavy atom. The largest absolute Gasteiger partial charge is 0.466 e. The Morgan fingerprint density at radius 3 is 3.00 bits per heavy atom. The van der Waals surface area contributed by atoms with Gasteiger partial charge in [0.1, 0.15) is 0 Å². The van der Waals surface area contributed by atoms with Crippen LogP contribution in [0.5, 0.6) is 0 Å². The van der Waals surface area contributed by atoms with E-state index in [2.05, 4.69) is 22.4 Å². The Bertz CT molecular complexity index is 352. The van der Waals surface area contributed by atoms with Gasteiger partial charge in [0.25, 0.3) is 0 Å². The summed E-state index contributed by atoms with van der Waals surface area (Å²) in [6.45, 7) is 5.58. The second-order valence-corrected chi connectivity index (χ2v) is 3.94. The molecule has 0 saturated carbocycles. The van der Waals surface area contributed by atoms with Gasteiger partial charge in [0.05, 0.1) is 13.2 Å². The fourth-order valence-electron chi connectivity index (χ4n) is 1.47. The predicted molar refractivity (Wildman–Crippen MR) is 65.9 cm³/mol. The van der Waals surface area contributed by atoms with E-state index in [1.54, 1.807) is 6.92 Å². The number of aromatic nitrogens is 2. The molecular weight excluding hydrogens is 234 g/mol. The summed E-state index contributed by atoms with van der Waals surface area (Å²) in [5, 5.41) is 7.01. The lowest BCUT2D eigenvalue weighted by molar-refractivity contribution is -0.143. The number of hydrogen-bond donors (Lipinski definition) is 1. The van der Waals surface area contributed by atoms with Gasteiger partial charge in [-0.3, -0.25) is 4.79 Å². The summed E-state index contributed by atoms with van der Waals surface area (Å²) < 4.78 is 9.90. The Morgan fingerprint density at radius 2 is 2.28 bits per heavy atom. The maximum absolute atomic E-state index is 11.1. The van der Waals surface area contributed by atoms with Crippen molar-refractivity contribution >= 4 is 5.97 Å². The van der Waals surface area contributed by atoms with E-state index in [0.717, 1.165) is 31.6 Å². The van der Waals surface area contributed by atoms with Crippen LogP contribution >= 0.6 is 0 Å². The molecular formula is C12H21N3O3. The number of esters is 1. The van der Waals surface area contributed by atoms with Crippen LogP contribution in [0.3, 0.4) is 0 Å². The minimum atomic E-state index is -0.151. The van der Waals surface area contributed by atoms with E-state index in [9.17, 15) is 4.79 Å². The average molecular weight is 255 g/mol. The first-order valence-electron chi connectivity index (χ1n) is 6.44. The van der Waals surface area contributed by atoms with Crippen molar-refractivity contribution in [3.8, 4) is 0 Å². The van der Waals surface area contributed by atoms with Crippen LogP contribution in [0.1, 0.15) is 44.8 Å². The molecule has 0 aliphatic carbocycles. The molecule has 6 heteroatoms. The minimum absolute atomic E-state index is 0.151. The Hall–Kier alpha value is -1.43. The van der Waals surface area contributed by atoms with Gasteiger partial charge in [-0.2, -0.15) is 4.98 Å². The number of carbonyl (C=O) groups is 1. The molecule has 18 heavy (non-hydrogen) atoms. The van der Waals surface area contributed by atoms with E-state index in [1.165, 1.54) is 0 Å². The second-order valence-electron chi connectivity index (χ2n) is 3.94. The van der Waals surface area contributed by atoms with Crippen molar-refractivity contribution in [2.24, 2.45) is 0 Å². The second kappa shape index (κ2) is 8.63. The zero-order valence-corrected chi connectivity index (χ0v) is 11.1. The Balaban J connectivity index is 2.08. The first kappa shape index (κ1) is 14.6. The van der Waals surface area contributed by atoms with Gasteiger partial charge in [-0.25, -0.2) is 0 Å². The summed E-state index contributed by atoms with van der Waals surface area (Å²) in [5.74, 6) is 1.19. The van der Waals surface area contributed by atoms with Crippen LogP contribution < -0.4 is 5.32 Å². The van der Waals surface area contributed by atoms with E-state index < -0.39 is 0 Å². The molecule has 0 amide bonds. The van der Waals surface area contributed by atoms with Crippen molar-refractivity contribution in [3.05, 3.63) is 11.7 Å². The summed E-state index contributed by atoms with van der Waals surface area (Å²) in [6, 6.07) is 0. The number of nitrogens with zero attached hydrogens (tertiary/aromatic N) is 2. The summed E-state index contributed by atoms with van der Waals surface area (Å²) in [6.07, 6.45) is 3.03. The highest BCUT2D eigenvalue weighted by atomic mass is 16.5. The van der Waals surface area contributed by atoms with Crippen LogP contribution in [-0.2, 0) is 22.5 Å². The summed E-state index contributed by atoms with van der Waals surface area (Å²) in [7, 11) is 0. The molecule has 6 nitrogen and oxygen atoms in total. The third kappa shape index (κ3) is 5.77. The number of nitrogens with one attached hydrogen (secondary N) is 1. The highest BCUT2D eigenvalue weighted by Gasteiger charge is 2.05. The molecule has 1 aromatic heterocycles. The maximum atomic E-state index is 11.1. The van der Waals surface area contributed by atoms with E-state index in [-0.39, 0.29) is 5.97 Å². The van der Waals surface area contributed by atoms with Crippen molar-refractivity contribution in [3.63, 3.8) is 0 Å². The standard InChI is InChI=1S/C12H21N3O3/c1-3-6-10-14-11(18-15-10)9-13-8-5-7-12(16)17-4-2/h13H,3-9H2,1-2H3. The number of carbonyl (C=O) groups excluding carboxylic acids is 1. The van der Waals surface area contributed by atoms with Gasteiger partial charge in [-0.1, -0.05) is 12.1 Å². The number of rotatable bonds is 9. The van der Waals surface area contributed by atoms with Crippen LogP contribution in [-0.4, -0.2) is 29.3 Å². The molecule has 1 N–H and O–H groups in total. The van der Waals surface area contributed by atoms with Crippen molar-refractivity contribution in [1.29, 1.82) is 0 Å². The van der Waals surface area contributed by atoms with E-state index in [4.69, 9.17) is 9.26 Å². The van der Waals surface area contributed by atoms with E-state index >= 15 is 0 Å². The van der Waals surface area contributed by atoms with Gasteiger partial charge < -0.3 is 14.6 Å². The van der Waals surface area contributed by atoms with E-state index in [0.29, 0.717) is 25.5 Å². The van der Waals surface area contributed by atoms with Crippen molar-refractivity contribution in [2.45, 2.75) is 46.1 Å². The van der Waals surface area contributed by atoms with Crippen molar-refractivity contribution in [1.82, 2.24) is 15.5 Å². The molecule has 0 atom stereocenters. The lowest BCUT2D eigenvalue weighted by Crippen LogP contribution is -2.16. The molecule has 0 aromatic carbocycles. The topological polar surface area (TPSA) is 77.2 Å². The summed E-state index contributed by atoms with van der Waals surface area (Å²) >= 11 is 0. The van der Waals surface area contributed by atoms with Gasteiger partial charge >= 0.3 is 5.97 Å². The molecule has 0 radical (unpaired) electrons. The first-order valence-corrected chi connectivity index (χ1v) is 6.44. The normalized spacial score (nSPS) is 10.6. The smallest absolute Gasteiger partial charge is 0.305 e. The average Bonchev–Trinajstić information content (AvgIpc) is 2.77. The van der Waals surface area contributed by atoms with Crippen LogP contribution in [0.25, 0.3) is 0 Å². The van der Waals surface area contributed by atoms with Gasteiger partial charge in [0.2, 0.25) is 5.89 Å². The third-order valence-electron chi connectivity index (χ3n) is 2.30. The van der Waals surface area contributed by atoms with Crippen molar-refractivity contribution in [2.75, 3.05) is 13.2 Å². The quantitative estimate of drug-likeness (QED) is 0.531. The molecule has 1 aromatic rings. The molecule has 0 spiro atoms. The SMILES string of the molecule is CCCc1noc(CNCCCC(=O)OCC)n1. The van der Waals surface area contributed by atoms with Crippen LogP contribution in [0.4, 0.5) is 0 Å². The lowest BCUT2D eigenvalue weighted by Gasteiger charge is -2.02. The van der Waals surface area contributed by atoms with Gasteiger partial charge in [0, 0.05) is 12.8 Å². The molecule has 0 bridgehead atoms. The molecule has 0 aliphatic rings. The molecule has 0 aliphatic heterocycles. The molecule has 1 heterocycles. The third-order valence-corrected chi connectivity index (χ3v) is 2.30. The summed E-state index contributed by atoms with van der Waals surface area (Å²) in [4.78, 5) is 15.3. The fraction of sp³-hybridized carbons (Fsp3) is 0.750. The monoisotopic (exact) mass is 255 g/mol. The highest BCUT2D eigenvalue weighted by Crippen LogP contribution is 2.00. The number of hydrogen-bond acceptors (Lipinski definition) is 6. The van der Waals surface area contributed by atoms with Gasteiger partial charge in [0.15, 0.2) is 5.82 Å². The highest BCUT2D eigenvalue weighted by molar-refractivity contribution is 5.69. The number of aryl methyl sites for hydroxylation is 1. The van der Waals surface area contributed by atoms with Crippen LogP contribution in [0.15, 0.2) is 4.52 Å². The zero-order valence-electron chi connectivity index (χ0n) is 11.1. The van der Waals surface area contributed by atoms with E-state index in [1.807, 2.05) is 0 Å². The Labute approximate surface area is 107 Å². The fourth-order valence-corrected chi connectivity index (χ4v) is 1.47.